The second kappa shape index (κ2) is 6.29. The molecule has 1 aliphatic rings. The fraction of sp³-hybridized carbons (Fsp3) is 0.500. The van der Waals surface area contributed by atoms with Gasteiger partial charge in [0.2, 0.25) is 0 Å². The first kappa shape index (κ1) is 15.1. The Morgan fingerprint density at radius 1 is 1.17 bits per heavy atom. The number of nitrogens with one attached hydrogen (secondary N) is 1. The van der Waals surface area contributed by atoms with Gasteiger partial charge in [0, 0.05) is 11.6 Å². The molecule has 2 rings (SSSR count). The summed E-state index contributed by atoms with van der Waals surface area (Å²) in [6, 6.07) is 6.29. The number of benzene rings is 1. The first-order valence-corrected chi connectivity index (χ1v) is 5.64. The summed E-state index contributed by atoms with van der Waals surface area (Å²) < 4.78 is 40.8. The average Bonchev–Trinajstić information content (AvgIpc) is 2.29. The van der Waals surface area contributed by atoms with Gasteiger partial charge in [-0.2, -0.15) is 0 Å². The van der Waals surface area contributed by atoms with Gasteiger partial charge in [0.05, 0.1) is 0 Å². The molecule has 0 aromatic heterocycles. The van der Waals surface area contributed by atoms with Crippen molar-refractivity contribution in [3.8, 4) is 5.75 Å². The van der Waals surface area contributed by atoms with E-state index in [1.165, 1.54) is 6.07 Å². The highest BCUT2D eigenvalue weighted by molar-refractivity contribution is 5.85. The highest BCUT2D eigenvalue weighted by atomic mass is 35.5. The molecule has 1 aromatic carbocycles. The molecule has 1 aromatic rings. The minimum atomic E-state index is -4.63. The molecule has 102 valence electrons. The van der Waals surface area contributed by atoms with Crippen LogP contribution in [0.4, 0.5) is 13.2 Å². The van der Waals surface area contributed by atoms with Crippen molar-refractivity contribution in [3.05, 3.63) is 29.8 Å². The Morgan fingerprint density at radius 2 is 1.89 bits per heavy atom. The standard InChI is InChI=1S/C12H14F3NO.ClH/c13-12(14,15)17-11-7-2-1-5-9(11)10-6-3-4-8-16-10;/h1-2,5,7,10,16H,3-4,6,8H2;1H/t10-;/m0./s1. The van der Waals surface area contributed by atoms with Crippen LogP contribution in [0.15, 0.2) is 24.3 Å². The molecule has 6 heteroatoms. The fourth-order valence-electron chi connectivity index (χ4n) is 2.10. The molecule has 2 nitrogen and oxygen atoms in total. The van der Waals surface area contributed by atoms with Crippen molar-refractivity contribution < 1.29 is 17.9 Å². The maximum atomic E-state index is 12.2. The summed E-state index contributed by atoms with van der Waals surface area (Å²) in [7, 11) is 0. The summed E-state index contributed by atoms with van der Waals surface area (Å²) in [5, 5.41) is 3.21. The Morgan fingerprint density at radius 3 is 2.50 bits per heavy atom. The number of piperidine rings is 1. The summed E-state index contributed by atoms with van der Waals surface area (Å²) in [6.07, 6.45) is -1.69. The molecule has 0 amide bonds. The maximum absolute atomic E-state index is 12.2. The maximum Gasteiger partial charge on any atom is 0.573 e. The minimum absolute atomic E-state index is 0. The van der Waals surface area contributed by atoms with E-state index in [-0.39, 0.29) is 24.2 Å². The first-order valence-electron chi connectivity index (χ1n) is 5.64. The molecular formula is C12H15ClF3NO. The van der Waals surface area contributed by atoms with Crippen LogP contribution in [-0.4, -0.2) is 12.9 Å². The second-order valence-corrected chi connectivity index (χ2v) is 4.09. The molecule has 0 saturated carbocycles. The Labute approximate surface area is 110 Å². The molecule has 0 aliphatic carbocycles. The third-order valence-corrected chi connectivity index (χ3v) is 2.83. The number of halogens is 4. The van der Waals surface area contributed by atoms with E-state index >= 15 is 0 Å². The van der Waals surface area contributed by atoms with Crippen LogP contribution in [0.5, 0.6) is 5.75 Å². The Balaban J connectivity index is 0.00000162. The molecule has 18 heavy (non-hydrogen) atoms. The van der Waals surface area contributed by atoms with E-state index in [1.807, 2.05) is 0 Å². The van der Waals surface area contributed by atoms with E-state index in [0.717, 1.165) is 25.8 Å². The summed E-state index contributed by atoms with van der Waals surface area (Å²) in [4.78, 5) is 0. The summed E-state index contributed by atoms with van der Waals surface area (Å²) in [5.74, 6) is -0.0978. The lowest BCUT2D eigenvalue weighted by molar-refractivity contribution is -0.275. The fourth-order valence-corrected chi connectivity index (χ4v) is 2.10. The van der Waals surface area contributed by atoms with Gasteiger partial charge in [-0.1, -0.05) is 24.6 Å². The van der Waals surface area contributed by atoms with Crippen LogP contribution in [0.2, 0.25) is 0 Å². The van der Waals surface area contributed by atoms with Crippen LogP contribution >= 0.6 is 12.4 Å². The van der Waals surface area contributed by atoms with Crippen LogP contribution in [0.25, 0.3) is 0 Å². The summed E-state index contributed by atoms with van der Waals surface area (Å²) in [5.41, 5.74) is 0.588. The zero-order chi connectivity index (χ0) is 12.3. The van der Waals surface area contributed by atoms with Crippen LogP contribution in [-0.2, 0) is 0 Å². The SMILES string of the molecule is Cl.FC(F)(F)Oc1ccccc1[C@@H]1CCCCN1. The van der Waals surface area contributed by atoms with Crippen molar-refractivity contribution >= 4 is 12.4 Å². The average molecular weight is 282 g/mol. The molecule has 1 aliphatic heterocycles. The van der Waals surface area contributed by atoms with Gasteiger partial charge < -0.3 is 10.1 Å². The van der Waals surface area contributed by atoms with E-state index in [9.17, 15) is 13.2 Å². The van der Waals surface area contributed by atoms with Crippen molar-refractivity contribution in [2.75, 3.05) is 6.54 Å². The van der Waals surface area contributed by atoms with Gasteiger partial charge in [0.15, 0.2) is 0 Å². The highest BCUT2D eigenvalue weighted by Crippen LogP contribution is 2.33. The molecule has 0 radical (unpaired) electrons. The smallest absolute Gasteiger partial charge is 0.405 e. The van der Waals surface area contributed by atoms with Gasteiger partial charge in [-0.05, 0) is 25.5 Å². The van der Waals surface area contributed by atoms with Crippen molar-refractivity contribution in [1.29, 1.82) is 0 Å². The molecule has 1 fully saturated rings. The monoisotopic (exact) mass is 281 g/mol. The predicted molar refractivity (Wildman–Crippen MR) is 65.0 cm³/mol. The summed E-state index contributed by atoms with van der Waals surface area (Å²) >= 11 is 0. The number of alkyl halides is 3. The van der Waals surface area contributed by atoms with E-state index in [1.54, 1.807) is 18.2 Å². The van der Waals surface area contributed by atoms with Gasteiger partial charge in [0.1, 0.15) is 5.75 Å². The third kappa shape index (κ3) is 4.07. The van der Waals surface area contributed by atoms with E-state index in [0.29, 0.717) is 5.56 Å². The van der Waals surface area contributed by atoms with Gasteiger partial charge in [-0.15, -0.1) is 25.6 Å². The zero-order valence-electron chi connectivity index (χ0n) is 9.67. The second-order valence-electron chi connectivity index (χ2n) is 4.09. The first-order chi connectivity index (χ1) is 8.06. The Kier molecular flexibility index (Phi) is 5.28. The van der Waals surface area contributed by atoms with E-state index in [2.05, 4.69) is 10.1 Å². The van der Waals surface area contributed by atoms with E-state index < -0.39 is 6.36 Å². The van der Waals surface area contributed by atoms with Crippen LogP contribution in [0.3, 0.4) is 0 Å². The van der Waals surface area contributed by atoms with Gasteiger partial charge >= 0.3 is 6.36 Å². The lowest BCUT2D eigenvalue weighted by Crippen LogP contribution is -2.28. The molecule has 1 heterocycles. The van der Waals surface area contributed by atoms with Crippen molar-refractivity contribution in [2.45, 2.75) is 31.7 Å². The number of para-hydroxylation sites is 1. The number of hydrogen-bond acceptors (Lipinski definition) is 2. The van der Waals surface area contributed by atoms with Crippen molar-refractivity contribution in [1.82, 2.24) is 5.32 Å². The molecule has 1 saturated heterocycles. The minimum Gasteiger partial charge on any atom is -0.405 e. The molecule has 0 unspecified atom stereocenters. The molecule has 0 spiro atoms. The molecule has 0 bridgehead atoms. The number of rotatable bonds is 2. The van der Waals surface area contributed by atoms with E-state index in [4.69, 9.17) is 0 Å². The van der Waals surface area contributed by atoms with Gasteiger partial charge in [0.25, 0.3) is 0 Å². The summed E-state index contributed by atoms with van der Waals surface area (Å²) in [6.45, 7) is 0.838. The van der Waals surface area contributed by atoms with Crippen molar-refractivity contribution in [2.24, 2.45) is 0 Å². The van der Waals surface area contributed by atoms with Crippen LogP contribution < -0.4 is 10.1 Å². The quantitative estimate of drug-likeness (QED) is 0.890. The number of hydrogen-bond donors (Lipinski definition) is 1. The predicted octanol–water partition coefficient (Wildman–Crippen LogP) is 3.82. The van der Waals surface area contributed by atoms with Gasteiger partial charge in [-0.25, -0.2) is 0 Å². The molecule has 1 N–H and O–H groups in total. The van der Waals surface area contributed by atoms with Gasteiger partial charge in [-0.3, -0.25) is 0 Å². The number of ether oxygens (including phenoxy) is 1. The highest BCUT2D eigenvalue weighted by Gasteiger charge is 2.33. The third-order valence-electron chi connectivity index (χ3n) is 2.83. The Bertz CT molecular complexity index is 378. The molecule has 1 atom stereocenters. The largest absolute Gasteiger partial charge is 0.573 e. The lowest BCUT2D eigenvalue weighted by Gasteiger charge is -2.25. The Hall–Kier alpha value is -0.940. The van der Waals surface area contributed by atoms with Crippen LogP contribution in [0, 0.1) is 0 Å². The molecular weight excluding hydrogens is 267 g/mol. The van der Waals surface area contributed by atoms with Crippen molar-refractivity contribution in [3.63, 3.8) is 0 Å². The van der Waals surface area contributed by atoms with Crippen LogP contribution in [0.1, 0.15) is 30.9 Å². The normalized spacial score (nSPS) is 20.1. The zero-order valence-corrected chi connectivity index (χ0v) is 10.5. The lowest BCUT2D eigenvalue weighted by atomic mass is 9.97. The topological polar surface area (TPSA) is 21.3 Å².